The molecule has 1 aliphatic carbocycles. The lowest BCUT2D eigenvalue weighted by atomic mass is 9.80. The molecule has 2 N–H and O–H groups in total. The predicted octanol–water partition coefficient (Wildman–Crippen LogP) is 2.57. The lowest BCUT2D eigenvalue weighted by Gasteiger charge is -2.30. The van der Waals surface area contributed by atoms with E-state index in [0.29, 0.717) is 11.5 Å². The maximum absolute atomic E-state index is 5.93. The predicted molar refractivity (Wildman–Crippen MR) is 60.2 cm³/mol. The van der Waals surface area contributed by atoms with Crippen LogP contribution in [0.3, 0.4) is 0 Å². The van der Waals surface area contributed by atoms with Crippen LogP contribution in [0.4, 0.5) is 0 Å². The van der Waals surface area contributed by atoms with Crippen molar-refractivity contribution in [3.05, 3.63) is 0 Å². The second kappa shape index (κ2) is 5.13. The van der Waals surface area contributed by atoms with Crippen LogP contribution in [0.5, 0.6) is 0 Å². The van der Waals surface area contributed by atoms with Crippen LogP contribution >= 0.6 is 0 Å². The first kappa shape index (κ1) is 12.0. The van der Waals surface area contributed by atoms with Crippen LogP contribution in [0.25, 0.3) is 0 Å². The van der Waals surface area contributed by atoms with E-state index in [2.05, 4.69) is 13.8 Å². The summed E-state index contributed by atoms with van der Waals surface area (Å²) in [6, 6.07) is 0. The van der Waals surface area contributed by atoms with E-state index in [-0.39, 0.29) is 0 Å². The van der Waals surface area contributed by atoms with Crippen molar-refractivity contribution in [2.45, 2.75) is 52.1 Å². The average molecular weight is 199 g/mol. The number of hydrogen-bond acceptors (Lipinski definition) is 2. The third-order valence-electron chi connectivity index (χ3n) is 3.94. The van der Waals surface area contributed by atoms with Gasteiger partial charge in [-0.05, 0) is 50.5 Å². The van der Waals surface area contributed by atoms with Crippen molar-refractivity contribution in [1.82, 2.24) is 0 Å². The normalized spacial score (nSPS) is 34.7. The molecule has 0 aromatic carbocycles. The summed E-state index contributed by atoms with van der Waals surface area (Å²) in [6.07, 6.45) is 6.78. The van der Waals surface area contributed by atoms with Gasteiger partial charge in [0.15, 0.2) is 0 Å². The van der Waals surface area contributed by atoms with Gasteiger partial charge in [0.1, 0.15) is 0 Å². The van der Waals surface area contributed by atoms with Gasteiger partial charge in [0, 0.05) is 7.11 Å². The third-order valence-corrected chi connectivity index (χ3v) is 3.94. The Morgan fingerprint density at radius 3 is 2.71 bits per heavy atom. The molecule has 3 atom stereocenters. The minimum absolute atomic E-state index is 0.356. The Labute approximate surface area is 88.2 Å². The van der Waals surface area contributed by atoms with Gasteiger partial charge in [-0.2, -0.15) is 0 Å². The lowest BCUT2D eigenvalue weighted by molar-refractivity contribution is 0.0666. The number of ether oxygens (including phenoxy) is 1. The standard InChI is InChI=1S/C12H25NO/c1-4-11-5-6-12(8-11,9-13)7-10(2)14-3/h10-11H,4-9,13H2,1-3H3. The SMILES string of the molecule is CCC1CCC(CN)(CC(C)OC)C1. The van der Waals surface area contributed by atoms with Crippen molar-refractivity contribution in [2.24, 2.45) is 17.1 Å². The molecule has 0 amide bonds. The molecule has 0 aromatic rings. The Hall–Kier alpha value is -0.0800. The van der Waals surface area contributed by atoms with E-state index in [9.17, 15) is 0 Å². The lowest BCUT2D eigenvalue weighted by Crippen LogP contribution is -2.32. The highest BCUT2D eigenvalue weighted by Crippen LogP contribution is 2.45. The topological polar surface area (TPSA) is 35.2 Å². The number of methoxy groups -OCH3 is 1. The molecule has 2 heteroatoms. The highest BCUT2D eigenvalue weighted by atomic mass is 16.5. The monoisotopic (exact) mass is 199 g/mol. The smallest absolute Gasteiger partial charge is 0.0549 e. The molecule has 0 saturated heterocycles. The fraction of sp³-hybridized carbons (Fsp3) is 1.00. The number of rotatable bonds is 5. The quantitative estimate of drug-likeness (QED) is 0.738. The first-order chi connectivity index (χ1) is 6.65. The van der Waals surface area contributed by atoms with Gasteiger partial charge in [-0.1, -0.05) is 13.3 Å². The summed E-state index contributed by atoms with van der Waals surface area (Å²) in [7, 11) is 1.79. The minimum Gasteiger partial charge on any atom is -0.382 e. The number of hydrogen-bond donors (Lipinski definition) is 1. The van der Waals surface area contributed by atoms with Crippen molar-refractivity contribution < 1.29 is 4.74 Å². The molecule has 0 radical (unpaired) electrons. The molecule has 14 heavy (non-hydrogen) atoms. The molecule has 0 aliphatic heterocycles. The maximum atomic E-state index is 5.93. The molecule has 1 rings (SSSR count). The van der Waals surface area contributed by atoms with Gasteiger partial charge < -0.3 is 10.5 Å². The fourth-order valence-corrected chi connectivity index (χ4v) is 2.82. The third kappa shape index (κ3) is 2.71. The summed E-state index contributed by atoms with van der Waals surface area (Å²) in [4.78, 5) is 0. The maximum Gasteiger partial charge on any atom is 0.0549 e. The van der Waals surface area contributed by atoms with E-state index in [1.54, 1.807) is 7.11 Å². The molecule has 1 fully saturated rings. The summed E-state index contributed by atoms with van der Waals surface area (Å²) in [5, 5.41) is 0. The minimum atomic E-state index is 0.356. The Balaban J connectivity index is 2.51. The van der Waals surface area contributed by atoms with Gasteiger partial charge in [-0.15, -0.1) is 0 Å². The number of nitrogens with two attached hydrogens (primary N) is 1. The molecule has 84 valence electrons. The van der Waals surface area contributed by atoms with Gasteiger partial charge in [-0.3, -0.25) is 0 Å². The summed E-state index contributed by atoms with van der Waals surface area (Å²) in [6.45, 7) is 5.27. The summed E-state index contributed by atoms with van der Waals surface area (Å²) in [5.74, 6) is 0.905. The van der Waals surface area contributed by atoms with Crippen molar-refractivity contribution in [1.29, 1.82) is 0 Å². The van der Waals surface area contributed by atoms with Crippen molar-refractivity contribution in [3.63, 3.8) is 0 Å². The van der Waals surface area contributed by atoms with Crippen molar-refractivity contribution in [3.8, 4) is 0 Å². The van der Waals surface area contributed by atoms with Crippen LogP contribution < -0.4 is 5.73 Å². The largest absolute Gasteiger partial charge is 0.382 e. The molecule has 0 bridgehead atoms. The Morgan fingerprint density at radius 1 is 1.57 bits per heavy atom. The van der Waals surface area contributed by atoms with Crippen LogP contribution in [-0.4, -0.2) is 19.8 Å². The Morgan fingerprint density at radius 2 is 2.29 bits per heavy atom. The van der Waals surface area contributed by atoms with E-state index >= 15 is 0 Å². The van der Waals surface area contributed by atoms with Crippen LogP contribution in [0.1, 0.15) is 46.0 Å². The summed E-state index contributed by atoms with van der Waals surface area (Å²) < 4.78 is 5.35. The average Bonchev–Trinajstić information content (AvgIpc) is 2.62. The van der Waals surface area contributed by atoms with E-state index in [0.717, 1.165) is 18.9 Å². The van der Waals surface area contributed by atoms with Gasteiger partial charge >= 0.3 is 0 Å². The molecule has 0 aromatic heterocycles. The second-order valence-electron chi connectivity index (χ2n) is 4.97. The van der Waals surface area contributed by atoms with Crippen LogP contribution in [0, 0.1) is 11.3 Å². The van der Waals surface area contributed by atoms with Crippen LogP contribution in [-0.2, 0) is 4.74 Å². The zero-order valence-electron chi connectivity index (χ0n) is 9.88. The van der Waals surface area contributed by atoms with E-state index in [1.165, 1.54) is 25.7 Å². The van der Waals surface area contributed by atoms with Crippen molar-refractivity contribution in [2.75, 3.05) is 13.7 Å². The summed E-state index contributed by atoms with van der Waals surface area (Å²) in [5.41, 5.74) is 6.32. The van der Waals surface area contributed by atoms with E-state index < -0.39 is 0 Å². The first-order valence-corrected chi connectivity index (χ1v) is 5.88. The molecular formula is C12H25NO. The highest BCUT2D eigenvalue weighted by molar-refractivity contribution is 4.90. The van der Waals surface area contributed by atoms with E-state index in [1.807, 2.05) is 0 Å². The van der Waals surface area contributed by atoms with Gasteiger partial charge in [-0.25, -0.2) is 0 Å². The van der Waals surface area contributed by atoms with Gasteiger partial charge in [0.05, 0.1) is 6.10 Å². The zero-order chi connectivity index (χ0) is 10.6. The molecule has 0 spiro atoms. The fourth-order valence-electron chi connectivity index (χ4n) is 2.82. The van der Waals surface area contributed by atoms with Gasteiger partial charge in [0.2, 0.25) is 0 Å². The van der Waals surface area contributed by atoms with E-state index in [4.69, 9.17) is 10.5 Å². The summed E-state index contributed by atoms with van der Waals surface area (Å²) >= 11 is 0. The molecule has 3 unspecified atom stereocenters. The Bertz CT molecular complexity index is 172. The molecule has 1 saturated carbocycles. The Kier molecular flexibility index (Phi) is 4.39. The molecular weight excluding hydrogens is 174 g/mol. The first-order valence-electron chi connectivity index (χ1n) is 5.88. The van der Waals surface area contributed by atoms with Gasteiger partial charge in [0.25, 0.3) is 0 Å². The van der Waals surface area contributed by atoms with Crippen LogP contribution in [0.2, 0.25) is 0 Å². The second-order valence-corrected chi connectivity index (χ2v) is 4.97. The molecule has 0 heterocycles. The molecule has 1 aliphatic rings. The zero-order valence-corrected chi connectivity index (χ0v) is 9.88. The van der Waals surface area contributed by atoms with Crippen molar-refractivity contribution >= 4 is 0 Å². The highest BCUT2D eigenvalue weighted by Gasteiger charge is 2.38. The van der Waals surface area contributed by atoms with Crippen LogP contribution in [0.15, 0.2) is 0 Å². The molecule has 2 nitrogen and oxygen atoms in total.